The Morgan fingerprint density at radius 2 is 1.75 bits per heavy atom. The number of carbonyl (C=O) groups is 3. The smallest absolute Gasteiger partial charge is 0.342 e. The van der Waals surface area contributed by atoms with Crippen LogP contribution in [-0.2, 0) is 14.4 Å². The summed E-state index contributed by atoms with van der Waals surface area (Å²) in [5.41, 5.74) is 7.24. The van der Waals surface area contributed by atoms with Gasteiger partial charge in [-0.3, -0.25) is 9.59 Å². The van der Waals surface area contributed by atoms with Crippen molar-refractivity contribution in [3.63, 3.8) is 0 Å². The molecule has 162 valence electrons. The molecule has 0 aliphatic carbocycles. The quantitative estimate of drug-likeness (QED) is 0.377. The number of rotatable bonds is 1. The van der Waals surface area contributed by atoms with Gasteiger partial charge in [-0.2, -0.15) is 0 Å². The molecule has 1 fully saturated rings. The molecule has 4 heterocycles. The summed E-state index contributed by atoms with van der Waals surface area (Å²) in [5.74, 6) is -2.06. The second-order valence-corrected chi connectivity index (χ2v) is 8.95. The van der Waals surface area contributed by atoms with Crippen LogP contribution in [0.5, 0.6) is 23.0 Å². The first kappa shape index (κ1) is 19.1. The first-order valence-corrected chi connectivity index (χ1v) is 10.8. The molecular weight excluding hydrogens is 436 g/mol. The number of phenols is 1. The number of hydrogen-bond donors (Lipinski definition) is 2. The van der Waals surface area contributed by atoms with Gasteiger partial charge >= 0.3 is 5.97 Å². The maximum absolute atomic E-state index is 13.6. The zero-order valence-electron chi connectivity index (χ0n) is 16.4. The molecule has 6 rings (SSSR count). The number of anilines is 1. The Hall–Kier alpha value is -3.66. The summed E-state index contributed by atoms with van der Waals surface area (Å²) in [4.78, 5) is 40.8. The molecule has 3 atom stereocenters. The minimum absolute atomic E-state index is 0.0783. The average Bonchev–Trinajstić information content (AvgIpc) is 3.02. The second-order valence-electron chi connectivity index (χ2n) is 7.77. The van der Waals surface area contributed by atoms with Gasteiger partial charge in [0.1, 0.15) is 30.0 Å². The van der Waals surface area contributed by atoms with E-state index in [1.54, 1.807) is 24.3 Å². The normalized spacial score (nSPS) is 25.8. The predicted molar refractivity (Wildman–Crippen MR) is 112 cm³/mol. The Labute approximate surface area is 185 Å². The predicted octanol–water partition coefficient (Wildman–Crippen LogP) is 1.64. The number of imide groups is 1. The van der Waals surface area contributed by atoms with E-state index < -0.39 is 34.9 Å². The molecule has 9 nitrogen and oxygen atoms in total. The van der Waals surface area contributed by atoms with Gasteiger partial charge in [0, 0.05) is 23.6 Å². The van der Waals surface area contributed by atoms with E-state index in [1.165, 1.54) is 12.1 Å². The summed E-state index contributed by atoms with van der Waals surface area (Å²) in [6, 6.07) is 9.24. The maximum Gasteiger partial charge on any atom is 0.342 e. The number of benzene rings is 2. The highest BCUT2D eigenvalue weighted by atomic mass is 32.2. The number of ether oxygens (including phenoxy) is 3. The SMILES string of the molecule is NC1=C2C(=O)Oc3cc(O)ccc3[C@@H]2[C@H]2C(=O)N(c3ccc4c(c3)OCCO4)C(=O)[C@H]2S1. The third-order valence-electron chi connectivity index (χ3n) is 6.02. The zero-order chi connectivity index (χ0) is 22.1. The molecule has 2 aromatic rings. The third-order valence-corrected chi connectivity index (χ3v) is 7.25. The molecule has 2 amide bonds. The highest BCUT2D eigenvalue weighted by Crippen LogP contribution is 2.55. The molecule has 4 aliphatic rings. The Balaban J connectivity index is 1.46. The van der Waals surface area contributed by atoms with Gasteiger partial charge in [0.2, 0.25) is 11.8 Å². The van der Waals surface area contributed by atoms with E-state index in [1.807, 2.05) is 0 Å². The van der Waals surface area contributed by atoms with Crippen LogP contribution in [0.25, 0.3) is 0 Å². The van der Waals surface area contributed by atoms with Crippen molar-refractivity contribution in [2.45, 2.75) is 11.2 Å². The molecule has 10 heteroatoms. The van der Waals surface area contributed by atoms with E-state index >= 15 is 0 Å². The topological polar surface area (TPSA) is 128 Å². The summed E-state index contributed by atoms with van der Waals surface area (Å²) in [6.07, 6.45) is 0. The fraction of sp³-hybridized carbons (Fsp3) is 0.227. The number of phenolic OH excluding ortho intramolecular Hbond substituents is 1. The van der Waals surface area contributed by atoms with Gasteiger partial charge in [-0.25, -0.2) is 9.69 Å². The van der Waals surface area contributed by atoms with E-state index in [9.17, 15) is 19.5 Å². The van der Waals surface area contributed by atoms with Crippen molar-refractivity contribution >= 4 is 35.2 Å². The van der Waals surface area contributed by atoms with Crippen LogP contribution in [0.3, 0.4) is 0 Å². The Kier molecular flexibility index (Phi) is 3.97. The average molecular weight is 452 g/mol. The largest absolute Gasteiger partial charge is 0.508 e. The van der Waals surface area contributed by atoms with Crippen LogP contribution in [0.1, 0.15) is 11.5 Å². The van der Waals surface area contributed by atoms with Crippen molar-refractivity contribution in [1.29, 1.82) is 0 Å². The van der Waals surface area contributed by atoms with Crippen LogP contribution in [0, 0.1) is 5.92 Å². The molecule has 2 aromatic carbocycles. The lowest BCUT2D eigenvalue weighted by molar-refractivity contribution is -0.131. The van der Waals surface area contributed by atoms with Crippen LogP contribution < -0.4 is 24.8 Å². The van der Waals surface area contributed by atoms with E-state index in [4.69, 9.17) is 19.9 Å². The summed E-state index contributed by atoms with van der Waals surface area (Å²) < 4.78 is 16.5. The van der Waals surface area contributed by atoms with E-state index in [0.29, 0.717) is 36.0 Å². The van der Waals surface area contributed by atoms with Gasteiger partial charge in [0.15, 0.2) is 11.5 Å². The molecule has 0 aromatic heterocycles. The number of amides is 2. The molecule has 0 saturated carbocycles. The number of fused-ring (bicyclic) bond motifs is 6. The lowest BCUT2D eigenvalue weighted by atomic mass is 9.77. The number of hydrogen-bond acceptors (Lipinski definition) is 9. The first-order chi connectivity index (χ1) is 15.4. The molecule has 1 saturated heterocycles. The van der Waals surface area contributed by atoms with Gasteiger partial charge in [0.05, 0.1) is 22.2 Å². The van der Waals surface area contributed by atoms with Crippen molar-refractivity contribution in [1.82, 2.24) is 0 Å². The Morgan fingerprint density at radius 1 is 0.969 bits per heavy atom. The minimum Gasteiger partial charge on any atom is -0.508 e. The minimum atomic E-state index is -0.848. The summed E-state index contributed by atoms with van der Waals surface area (Å²) in [7, 11) is 0. The van der Waals surface area contributed by atoms with E-state index in [0.717, 1.165) is 16.7 Å². The van der Waals surface area contributed by atoms with Crippen molar-refractivity contribution in [2.75, 3.05) is 18.1 Å². The lowest BCUT2D eigenvalue weighted by Gasteiger charge is -2.36. The number of thioether (sulfide) groups is 1. The number of aromatic hydroxyl groups is 1. The highest BCUT2D eigenvalue weighted by molar-refractivity contribution is 8.04. The maximum atomic E-state index is 13.6. The van der Waals surface area contributed by atoms with Gasteiger partial charge in [-0.15, -0.1) is 0 Å². The van der Waals surface area contributed by atoms with E-state index in [-0.39, 0.29) is 22.1 Å². The standard InChI is InChI=1S/C22H16N2O7S/c23-19-17-15(11-3-2-10(25)8-13(11)31-22(17)28)16-18(32-19)21(27)24(20(16)26)9-1-4-12-14(7-9)30-6-5-29-12/h1-4,7-8,15-16,18,25H,5-6,23H2/t15-,16-,18+/m1/s1. The number of esters is 1. The van der Waals surface area contributed by atoms with Crippen LogP contribution in [0.15, 0.2) is 47.0 Å². The Bertz CT molecular complexity index is 1260. The Morgan fingerprint density at radius 3 is 2.56 bits per heavy atom. The molecule has 0 radical (unpaired) electrons. The van der Waals surface area contributed by atoms with Gasteiger partial charge in [-0.1, -0.05) is 17.8 Å². The first-order valence-electron chi connectivity index (χ1n) is 9.93. The van der Waals surface area contributed by atoms with Crippen molar-refractivity contribution in [3.05, 3.63) is 52.6 Å². The molecule has 0 spiro atoms. The van der Waals surface area contributed by atoms with Crippen molar-refractivity contribution in [3.8, 4) is 23.0 Å². The molecule has 0 bridgehead atoms. The van der Waals surface area contributed by atoms with Crippen LogP contribution in [0.4, 0.5) is 5.69 Å². The molecule has 4 aliphatic heterocycles. The van der Waals surface area contributed by atoms with Crippen molar-refractivity contribution < 1.29 is 33.7 Å². The molecule has 3 N–H and O–H groups in total. The molecular formula is C22H16N2O7S. The summed E-state index contributed by atoms with van der Waals surface area (Å²) >= 11 is 1.00. The van der Waals surface area contributed by atoms with Gasteiger partial charge in [-0.05, 0) is 18.2 Å². The number of nitrogens with two attached hydrogens (primary N) is 1. The van der Waals surface area contributed by atoms with Crippen LogP contribution >= 0.6 is 11.8 Å². The summed E-state index contributed by atoms with van der Waals surface area (Å²) in [5, 5.41) is 9.17. The highest BCUT2D eigenvalue weighted by Gasteiger charge is 2.58. The van der Waals surface area contributed by atoms with Gasteiger partial charge < -0.3 is 25.1 Å². The van der Waals surface area contributed by atoms with Crippen LogP contribution in [0.2, 0.25) is 0 Å². The number of carbonyl (C=O) groups excluding carboxylic acids is 3. The summed E-state index contributed by atoms with van der Waals surface area (Å²) in [6.45, 7) is 0.798. The number of nitrogens with zero attached hydrogens (tertiary/aromatic N) is 1. The van der Waals surface area contributed by atoms with Crippen molar-refractivity contribution in [2.24, 2.45) is 11.7 Å². The van der Waals surface area contributed by atoms with E-state index in [2.05, 4.69) is 0 Å². The zero-order valence-corrected chi connectivity index (χ0v) is 17.3. The lowest BCUT2D eigenvalue weighted by Crippen LogP contribution is -2.39. The molecule has 0 unspecified atom stereocenters. The van der Waals surface area contributed by atoms with Crippen LogP contribution in [-0.4, -0.2) is 41.4 Å². The second kappa shape index (κ2) is 6.67. The van der Waals surface area contributed by atoms with Gasteiger partial charge in [0.25, 0.3) is 0 Å². The molecule has 32 heavy (non-hydrogen) atoms. The fourth-order valence-corrected chi connectivity index (χ4v) is 5.90. The third kappa shape index (κ3) is 2.56. The fourth-order valence-electron chi connectivity index (χ4n) is 4.67. The monoisotopic (exact) mass is 452 g/mol.